The average molecular weight is 251 g/mol. The minimum atomic E-state index is -0.230. The minimum absolute atomic E-state index is 0.230. The monoisotopic (exact) mass is 251 g/mol. The molecule has 1 atom stereocenters. The molecule has 2 rings (SSSR count). The summed E-state index contributed by atoms with van der Waals surface area (Å²) in [6.07, 6.45) is 2.48. The predicted octanol–water partition coefficient (Wildman–Crippen LogP) is 2.19. The fraction of sp³-hybridized carbons (Fsp3) is 0.571. The van der Waals surface area contributed by atoms with E-state index in [1.165, 1.54) is 31.5 Å². The van der Waals surface area contributed by atoms with Crippen molar-refractivity contribution in [2.45, 2.75) is 12.8 Å². The van der Waals surface area contributed by atoms with E-state index in [0.717, 1.165) is 18.8 Å². The lowest BCUT2D eigenvalue weighted by molar-refractivity contribution is 0.213. The van der Waals surface area contributed by atoms with Crippen molar-refractivity contribution in [2.24, 2.45) is 5.92 Å². The second-order valence-electron chi connectivity index (χ2n) is 5.35. The number of anilines is 2. The molecule has 0 radical (unpaired) electrons. The van der Waals surface area contributed by atoms with Crippen molar-refractivity contribution < 1.29 is 4.39 Å². The Morgan fingerprint density at radius 3 is 3.00 bits per heavy atom. The highest BCUT2D eigenvalue weighted by atomic mass is 19.1. The molecular weight excluding hydrogens is 229 g/mol. The summed E-state index contributed by atoms with van der Waals surface area (Å²) in [5.74, 6) is 0.406. The maximum absolute atomic E-state index is 13.3. The van der Waals surface area contributed by atoms with Crippen LogP contribution in [0.3, 0.4) is 0 Å². The molecule has 100 valence electrons. The van der Waals surface area contributed by atoms with Crippen molar-refractivity contribution in [1.82, 2.24) is 4.90 Å². The summed E-state index contributed by atoms with van der Waals surface area (Å²) in [6, 6.07) is 4.55. The molecule has 1 aromatic carbocycles. The van der Waals surface area contributed by atoms with Crippen molar-refractivity contribution in [3.8, 4) is 0 Å². The fourth-order valence-corrected chi connectivity index (χ4v) is 2.76. The topological polar surface area (TPSA) is 32.5 Å². The van der Waals surface area contributed by atoms with Gasteiger partial charge in [0.1, 0.15) is 5.82 Å². The molecule has 0 spiro atoms. The van der Waals surface area contributed by atoms with E-state index in [2.05, 4.69) is 16.8 Å². The lowest BCUT2D eigenvalue weighted by Crippen LogP contribution is -2.38. The highest BCUT2D eigenvalue weighted by molar-refractivity contribution is 5.67. The van der Waals surface area contributed by atoms with Crippen LogP contribution in [0.15, 0.2) is 18.2 Å². The molecule has 1 aliphatic heterocycles. The van der Waals surface area contributed by atoms with E-state index in [1.54, 1.807) is 6.07 Å². The van der Waals surface area contributed by atoms with Crippen LogP contribution in [0.1, 0.15) is 12.8 Å². The zero-order valence-electron chi connectivity index (χ0n) is 11.2. The number of nitrogens with two attached hydrogens (primary N) is 1. The lowest BCUT2D eigenvalue weighted by atomic mass is 9.98. The standard InChI is InChI=1S/C14H22FN3/c1-17-7-3-4-11(9-17)10-18(2)14-8-12(15)5-6-13(14)16/h5-6,8,11H,3-4,7,9-10,16H2,1-2H3. The molecule has 0 amide bonds. The van der Waals surface area contributed by atoms with Crippen molar-refractivity contribution in [2.75, 3.05) is 44.4 Å². The quantitative estimate of drug-likeness (QED) is 0.836. The van der Waals surface area contributed by atoms with Crippen LogP contribution in [0.2, 0.25) is 0 Å². The molecule has 2 N–H and O–H groups in total. The van der Waals surface area contributed by atoms with Gasteiger partial charge in [0.2, 0.25) is 0 Å². The third-order valence-corrected chi connectivity index (χ3v) is 3.66. The van der Waals surface area contributed by atoms with E-state index in [1.807, 2.05) is 7.05 Å². The van der Waals surface area contributed by atoms with E-state index >= 15 is 0 Å². The van der Waals surface area contributed by atoms with Crippen LogP contribution >= 0.6 is 0 Å². The number of likely N-dealkylation sites (tertiary alicyclic amines) is 1. The first kappa shape index (κ1) is 13.1. The summed E-state index contributed by atoms with van der Waals surface area (Å²) in [7, 11) is 4.14. The number of nitrogens with zero attached hydrogens (tertiary/aromatic N) is 2. The molecule has 18 heavy (non-hydrogen) atoms. The van der Waals surface area contributed by atoms with E-state index in [9.17, 15) is 4.39 Å². The Morgan fingerprint density at radius 1 is 1.50 bits per heavy atom. The van der Waals surface area contributed by atoms with E-state index < -0.39 is 0 Å². The van der Waals surface area contributed by atoms with Gasteiger partial charge in [0.25, 0.3) is 0 Å². The minimum Gasteiger partial charge on any atom is -0.397 e. The maximum Gasteiger partial charge on any atom is 0.125 e. The average Bonchev–Trinajstić information content (AvgIpc) is 2.32. The number of nitrogen functional groups attached to an aromatic ring is 1. The molecule has 1 unspecified atom stereocenters. The smallest absolute Gasteiger partial charge is 0.125 e. The second kappa shape index (κ2) is 5.57. The number of halogens is 1. The van der Waals surface area contributed by atoms with Crippen LogP contribution in [-0.2, 0) is 0 Å². The van der Waals surface area contributed by atoms with Crippen molar-refractivity contribution >= 4 is 11.4 Å². The first-order chi connectivity index (χ1) is 8.56. The Bertz CT molecular complexity index is 408. The first-order valence-corrected chi connectivity index (χ1v) is 6.51. The first-order valence-electron chi connectivity index (χ1n) is 6.51. The number of hydrogen-bond acceptors (Lipinski definition) is 3. The molecule has 0 aromatic heterocycles. The molecule has 1 saturated heterocycles. The maximum atomic E-state index is 13.3. The van der Waals surface area contributed by atoms with Gasteiger partial charge in [-0.05, 0) is 50.6 Å². The molecule has 3 nitrogen and oxygen atoms in total. The van der Waals surface area contributed by atoms with E-state index in [4.69, 9.17) is 5.73 Å². The Labute approximate surface area is 108 Å². The van der Waals surface area contributed by atoms with Gasteiger partial charge in [-0.25, -0.2) is 4.39 Å². The van der Waals surface area contributed by atoms with Crippen LogP contribution in [0.25, 0.3) is 0 Å². The van der Waals surface area contributed by atoms with Gasteiger partial charge in [-0.2, -0.15) is 0 Å². The highest BCUT2D eigenvalue weighted by Crippen LogP contribution is 2.25. The van der Waals surface area contributed by atoms with Gasteiger partial charge in [0.15, 0.2) is 0 Å². The lowest BCUT2D eigenvalue weighted by Gasteiger charge is -2.33. The van der Waals surface area contributed by atoms with Gasteiger partial charge in [0, 0.05) is 20.1 Å². The SMILES string of the molecule is CN1CCCC(CN(C)c2cc(F)ccc2N)C1. The third kappa shape index (κ3) is 3.13. The molecule has 1 aliphatic rings. The molecular formula is C14H22FN3. The molecule has 1 heterocycles. The Kier molecular flexibility index (Phi) is 4.07. The van der Waals surface area contributed by atoms with Crippen LogP contribution in [0.5, 0.6) is 0 Å². The number of hydrogen-bond donors (Lipinski definition) is 1. The summed E-state index contributed by atoms with van der Waals surface area (Å²) in [5.41, 5.74) is 7.34. The number of benzene rings is 1. The van der Waals surface area contributed by atoms with Crippen LogP contribution in [0.4, 0.5) is 15.8 Å². The molecule has 1 aromatic rings. The second-order valence-corrected chi connectivity index (χ2v) is 5.35. The largest absolute Gasteiger partial charge is 0.397 e. The van der Waals surface area contributed by atoms with E-state index in [0.29, 0.717) is 11.6 Å². The molecule has 4 heteroatoms. The Morgan fingerprint density at radius 2 is 2.28 bits per heavy atom. The molecule has 0 bridgehead atoms. The Hall–Kier alpha value is -1.29. The Balaban J connectivity index is 2.02. The van der Waals surface area contributed by atoms with Gasteiger partial charge >= 0.3 is 0 Å². The van der Waals surface area contributed by atoms with Crippen LogP contribution in [-0.4, -0.2) is 38.6 Å². The molecule has 0 aliphatic carbocycles. The van der Waals surface area contributed by atoms with Gasteiger partial charge in [0.05, 0.1) is 11.4 Å². The summed E-state index contributed by atoms with van der Waals surface area (Å²) >= 11 is 0. The molecule has 1 fully saturated rings. The third-order valence-electron chi connectivity index (χ3n) is 3.66. The van der Waals surface area contributed by atoms with Crippen molar-refractivity contribution in [1.29, 1.82) is 0 Å². The fourth-order valence-electron chi connectivity index (χ4n) is 2.76. The van der Waals surface area contributed by atoms with Crippen molar-refractivity contribution in [3.63, 3.8) is 0 Å². The molecule has 0 saturated carbocycles. The van der Waals surface area contributed by atoms with Gasteiger partial charge < -0.3 is 15.5 Å². The van der Waals surface area contributed by atoms with Gasteiger partial charge in [-0.1, -0.05) is 0 Å². The summed E-state index contributed by atoms with van der Waals surface area (Å²) in [6.45, 7) is 3.22. The van der Waals surface area contributed by atoms with Crippen LogP contribution < -0.4 is 10.6 Å². The van der Waals surface area contributed by atoms with E-state index in [-0.39, 0.29) is 5.82 Å². The van der Waals surface area contributed by atoms with Gasteiger partial charge in [-0.3, -0.25) is 0 Å². The summed E-state index contributed by atoms with van der Waals surface area (Å²) in [5, 5.41) is 0. The summed E-state index contributed by atoms with van der Waals surface area (Å²) < 4.78 is 13.3. The zero-order valence-corrected chi connectivity index (χ0v) is 11.2. The number of piperidine rings is 1. The zero-order chi connectivity index (χ0) is 13.1. The van der Waals surface area contributed by atoms with Crippen molar-refractivity contribution in [3.05, 3.63) is 24.0 Å². The normalized spacial score (nSPS) is 20.9. The summed E-state index contributed by atoms with van der Waals surface area (Å²) in [4.78, 5) is 4.43. The van der Waals surface area contributed by atoms with Crippen LogP contribution in [0, 0.1) is 11.7 Å². The number of rotatable bonds is 3. The highest BCUT2D eigenvalue weighted by Gasteiger charge is 2.19. The predicted molar refractivity (Wildman–Crippen MR) is 74.3 cm³/mol. The van der Waals surface area contributed by atoms with Gasteiger partial charge in [-0.15, -0.1) is 0 Å².